The van der Waals surface area contributed by atoms with E-state index >= 15 is 0 Å². The Hall–Kier alpha value is -2.50. The number of rotatable bonds is 3. The van der Waals surface area contributed by atoms with Gasteiger partial charge in [-0.1, -0.05) is 6.07 Å². The second-order valence-corrected chi connectivity index (χ2v) is 4.86. The number of fused-ring (bicyclic) bond motifs is 1. The lowest BCUT2D eigenvalue weighted by atomic mass is 10.2. The van der Waals surface area contributed by atoms with Crippen LogP contribution in [0, 0.1) is 18.6 Å². The monoisotopic (exact) mass is 288 g/mol. The van der Waals surface area contributed by atoms with Gasteiger partial charge in [-0.2, -0.15) is 5.10 Å². The molecular formula is C15H14F2N4. The Morgan fingerprint density at radius 2 is 1.95 bits per heavy atom. The summed E-state index contributed by atoms with van der Waals surface area (Å²) >= 11 is 0. The molecule has 3 rings (SSSR count). The summed E-state index contributed by atoms with van der Waals surface area (Å²) in [5, 5.41) is 8.19. The molecule has 0 fully saturated rings. The van der Waals surface area contributed by atoms with E-state index in [0.717, 1.165) is 16.7 Å². The highest BCUT2D eigenvalue weighted by atomic mass is 19.1. The summed E-state index contributed by atoms with van der Waals surface area (Å²) in [6, 6.07) is 5.71. The summed E-state index contributed by atoms with van der Waals surface area (Å²) in [5.41, 5.74) is 2.35. The van der Waals surface area contributed by atoms with E-state index in [0.29, 0.717) is 5.69 Å². The van der Waals surface area contributed by atoms with Gasteiger partial charge in [-0.15, -0.1) is 0 Å². The minimum absolute atomic E-state index is 0.0144. The predicted octanol–water partition coefficient (Wildman–Crippen LogP) is 3.17. The van der Waals surface area contributed by atoms with Gasteiger partial charge in [0.1, 0.15) is 11.6 Å². The highest BCUT2D eigenvalue weighted by Crippen LogP contribution is 2.20. The molecule has 108 valence electrons. The number of nitrogens with one attached hydrogen (secondary N) is 1. The first-order valence-electron chi connectivity index (χ1n) is 6.52. The molecule has 0 amide bonds. The molecule has 21 heavy (non-hydrogen) atoms. The van der Waals surface area contributed by atoms with Gasteiger partial charge in [0, 0.05) is 24.5 Å². The van der Waals surface area contributed by atoms with Crippen LogP contribution in [0.2, 0.25) is 0 Å². The summed E-state index contributed by atoms with van der Waals surface area (Å²) in [4.78, 5) is 4.31. The van der Waals surface area contributed by atoms with Gasteiger partial charge >= 0.3 is 0 Å². The molecule has 0 aliphatic heterocycles. The number of hydrogen-bond acceptors (Lipinski definition) is 3. The zero-order chi connectivity index (χ0) is 15.0. The van der Waals surface area contributed by atoms with E-state index < -0.39 is 11.6 Å². The van der Waals surface area contributed by atoms with Gasteiger partial charge in [0.25, 0.3) is 0 Å². The Kier molecular flexibility index (Phi) is 3.29. The van der Waals surface area contributed by atoms with E-state index in [1.165, 1.54) is 18.2 Å². The fourth-order valence-electron chi connectivity index (χ4n) is 2.30. The molecule has 0 saturated heterocycles. The second kappa shape index (κ2) is 5.12. The van der Waals surface area contributed by atoms with E-state index in [1.54, 1.807) is 10.9 Å². The first kappa shape index (κ1) is 13.5. The number of benzene rings is 1. The first-order chi connectivity index (χ1) is 10.1. The predicted molar refractivity (Wildman–Crippen MR) is 76.9 cm³/mol. The second-order valence-electron chi connectivity index (χ2n) is 4.86. The lowest BCUT2D eigenvalue weighted by Crippen LogP contribution is -2.05. The standard InChI is InChI=1S/C15H14F2N4/c1-9-11-6-10(7-19-15(11)21(2)20-9)18-8-12-13(16)4-3-5-14(12)17/h3-7,18H,8H2,1-2H3. The Balaban J connectivity index is 1.87. The average molecular weight is 288 g/mol. The SMILES string of the molecule is Cc1nn(C)c2ncc(NCc3c(F)cccc3F)cc12. The van der Waals surface area contributed by atoms with Gasteiger partial charge in [0.05, 0.1) is 17.6 Å². The van der Waals surface area contributed by atoms with Crippen molar-refractivity contribution in [3.63, 3.8) is 0 Å². The van der Waals surface area contributed by atoms with Gasteiger partial charge < -0.3 is 5.32 Å². The summed E-state index contributed by atoms with van der Waals surface area (Å²) < 4.78 is 28.8. The molecule has 2 aromatic heterocycles. The number of anilines is 1. The lowest BCUT2D eigenvalue weighted by molar-refractivity contribution is 0.560. The molecule has 1 aromatic carbocycles. The quantitative estimate of drug-likeness (QED) is 0.805. The minimum atomic E-state index is -0.561. The van der Waals surface area contributed by atoms with Gasteiger partial charge in [0.15, 0.2) is 5.65 Å². The van der Waals surface area contributed by atoms with Crippen LogP contribution in [-0.4, -0.2) is 14.8 Å². The Bertz CT molecular complexity index is 791. The molecule has 0 atom stereocenters. The lowest BCUT2D eigenvalue weighted by Gasteiger charge is -2.08. The van der Waals surface area contributed by atoms with Crippen LogP contribution in [0.1, 0.15) is 11.3 Å². The molecule has 4 nitrogen and oxygen atoms in total. The Morgan fingerprint density at radius 1 is 1.24 bits per heavy atom. The highest BCUT2D eigenvalue weighted by Gasteiger charge is 2.10. The molecule has 2 heterocycles. The van der Waals surface area contributed by atoms with Gasteiger partial charge in [0.2, 0.25) is 0 Å². The van der Waals surface area contributed by atoms with Crippen LogP contribution in [-0.2, 0) is 13.6 Å². The van der Waals surface area contributed by atoms with Crippen molar-refractivity contribution in [1.29, 1.82) is 0 Å². The molecule has 6 heteroatoms. The fourth-order valence-corrected chi connectivity index (χ4v) is 2.30. The summed E-state index contributed by atoms with van der Waals surface area (Å²) in [6.45, 7) is 1.95. The topological polar surface area (TPSA) is 42.7 Å². The Morgan fingerprint density at radius 3 is 2.67 bits per heavy atom. The van der Waals surface area contributed by atoms with Crippen LogP contribution in [0.15, 0.2) is 30.5 Å². The molecule has 0 aliphatic carbocycles. The number of nitrogens with zero attached hydrogens (tertiary/aromatic N) is 3. The van der Waals surface area contributed by atoms with Crippen LogP contribution in [0.3, 0.4) is 0 Å². The van der Waals surface area contributed by atoms with Gasteiger partial charge in [-0.05, 0) is 25.1 Å². The molecule has 0 spiro atoms. The number of pyridine rings is 1. The maximum absolute atomic E-state index is 13.6. The molecule has 0 saturated carbocycles. The third-order valence-corrected chi connectivity index (χ3v) is 3.39. The molecule has 1 N–H and O–H groups in total. The smallest absolute Gasteiger partial charge is 0.157 e. The highest BCUT2D eigenvalue weighted by molar-refractivity contribution is 5.81. The van der Waals surface area contributed by atoms with Crippen LogP contribution in [0.5, 0.6) is 0 Å². The van der Waals surface area contributed by atoms with Crippen LogP contribution >= 0.6 is 0 Å². The van der Waals surface area contributed by atoms with Crippen molar-refractivity contribution < 1.29 is 8.78 Å². The number of aryl methyl sites for hydroxylation is 2. The van der Waals surface area contributed by atoms with E-state index in [4.69, 9.17) is 0 Å². The molecule has 0 bridgehead atoms. The van der Waals surface area contributed by atoms with Crippen LogP contribution in [0.25, 0.3) is 11.0 Å². The number of halogens is 2. The van der Waals surface area contributed by atoms with Gasteiger partial charge in [-0.3, -0.25) is 4.68 Å². The number of hydrogen-bond donors (Lipinski definition) is 1. The van der Waals surface area contributed by atoms with E-state index in [1.807, 2.05) is 20.0 Å². The third kappa shape index (κ3) is 2.44. The molecular weight excluding hydrogens is 274 g/mol. The largest absolute Gasteiger partial charge is 0.379 e. The molecule has 0 radical (unpaired) electrons. The summed E-state index contributed by atoms with van der Waals surface area (Å²) in [7, 11) is 1.82. The van der Waals surface area contributed by atoms with Crippen molar-refractivity contribution in [1.82, 2.24) is 14.8 Å². The minimum Gasteiger partial charge on any atom is -0.379 e. The maximum atomic E-state index is 13.6. The molecule has 0 aliphatic rings. The van der Waals surface area contributed by atoms with E-state index in [9.17, 15) is 8.78 Å². The van der Waals surface area contributed by atoms with Crippen LogP contribution in [0.4, 0.5) is 14.5 Å². The summed E-state index contributed by atoms with van der Waals surface area (Å²) in [5.74, 6) is -1.12. The molecule has 0 unspecified atom stereocenters. The zero-order valence-electron chi connectivity index (χ0n) is 11.7. The Labute approximate surface area is 120 Å². The van der Waals surface area contributed by atoms with Gasteiger partial charge in [-0.25, -0.2) is 13.8 Å². The zero-order valence-corrected chi connectivity index (χ0v) is 11.7. The fraction of sp³-hybridized carbons (Fsp3) is 0.200. The maximum Gasteiger partial charge on any atom is 0.157 e. The van der Waals surface area contributed by atoms with Crippen molar-refractivity contribution in [3.05, 3.63) is 53.4 Å². The van der Waals surface area contributed by atoms with Crippen molar-refractivity contribution in [2.45, 2.75) is 13.5 Å². The van der Waals surface area contributed by atoms with Crippen molar-refractivity contribution >= 4 is 16.7 Å². The number of aromatic nitrogens is 3. The van der Waals surface area contributed by atoms with E-state index in [2.05, 4.69) is 15.4 Å². The van der Waals surface area contributed by atoms with Crippen molar-refractivity contribution in [2.75, 3.05) is 5.32 Å². The van der Waals surface area contributed by atoms with Crippen molar-refractivity contribution in [2.24, 2.45) is 7.05 Å². The third-order valence-electron chi connectivity index (χ3n) is 3.39. The average Bonchev–Trinajstić information content (AvgIpc) is 2.73. The van der Waals surface area contributed by atoms with Crippen molar-refractivity contribution in [3.8, 4) is 0 Å². The first-order valence-corrected chi connectivity index (χ1v) is 6.52. The van der Waals surface area contributed by atoms with Crippen LogP contribution < -0.4 is 5.32 Å². The van der Waals surface area contributed by atoms with E-state index in [-0.39, 0.29) is 12.1 Å². The normalized spacial score (nSPS) is 11.0. The molecule has 3 aromatic rings. The summed E-state index contributed by atoms with van der Waals surface area (Å²) in [6.07, 6.45) is 1.63.